The zero-order valence-electron chi connectivity index (χ0n) is 32.0. The number of hydrogen-bond acceptors (Lipinski definition) is 11. The van der Waals surface area contributed by atoms with Crippen LogP contribution in [0.3, 0.4) is 0 Å². The highest BCUT2D eigenvalue weighted by Crippen LogP contribution is 2.47. The van der Waals surface area contributed by atoms with E-state index >= 15 is 0 Å². The van der Waals surface area contributed by atoms with Crippen LogP contribution < -0.4 is 24.8 Å². The molecule has 4 aliphatic rings. The smallest absolute Gasteiger partial charge is 0.408 e. The van der Waals surface area contributed by atoms with Crippen molar-refractivity contribution in [2.24, 2.45) is 17.8 Å². The first-order valence-electron chi connectivity index (χ1n) is 18.7. The lowest BCUT2D eigenvalue weighted by atomic mass is 9.88. The molecule has 3 heterocycles. The summed E-state index contributed by atoms with van der Waals surface area (Å²) in [6, 6.07) is 3.08. The van der Waals surface area contributed by atoms with E-state index in [0.717, 1.165) is 6.42 Å². The Hall–Kier alpha value is -4.47. The van der Waals surface area contributed by atoms with Gasteiger partial charge in [0.25, 0.3) is 5.91 Å². The number of allylic oxidation sites excluding steroid dienone is 1. The molecule has 2 aromatic rings. The third-order valence-corrected chi connectivity index (χ3v) is 13.2. The number of sulfonamides is 1. The molecule has 1 saturated heterocycles. The van der Waals surface area contributed by atoms with E-state index in [1.165, 1.54) is 11.1 Å². The molecule has 2 aliphatic carbocycles. The van der Waals surface area contributed by atoms with Crippen LogP contribution in [0, 0.1) is 17.8 Å². The van der Waals surface area contributed by atoms with Gasteiger partial charge in [0.05, 0.1) is 24.6 Å². The molecule has 0 spiro atoms. The van der Waals surface area contributed by atoms with Crippen LogP contribution in [0.1, 0.15) is 86.5 Å². The predicted octanol–water partition coefficient (Wildman–Crippen LogP) is 3.77. The Morgan fingerprint density at radius 1 is 1.11 bits per heavy atom. The van der Waals surface area contributed by atoms with Crippen molar-refractivity contribution in [3.05, 3.63) is 36.5 Å². The average Bonchev–Trinajstić information content (AvgIpc) is 3.97. The molecule has 3 N–H and O–H groups in total. The predicted molar refractivity (Wildman–Crippen MR) is 199 cm³/mol. The Balaban J connectivity index is 1.35. The highest BCUT2D eigenvalue weighted by molar-refractivity contribution is 7.91. The lowest BCUT2D eigenvalue weighted by molar-refractivity contribution is -0.142. The van der Waals surface area contributed by atoms with Crippen LogP contribution in [0.5, 0.6) is 11.5 Å². The monoisotopic (exact) mass is 768 g/mol. The molecular weight excluding hydrogens is 717 g/mol. The number of carbonyl (C=O) groups excluding carboxylic acids is 4. The van der Waals surface area contributed by atoms with Gasteiger partial charge in [0.2, 0.25) is 21.8 Å². The minimum atomic E-state index is -4.00. The Morgan fingerprint density at radius 3 is 2.54 bits per heavy atom. The van der Waals surface area contributed by atoms with E-state index in [1.54, 1.807) is 53.0 Å². The zero-order chi connectivity index (χ0) is 39.2. The van der Waals surface area contributed by atoms with Gasteiger partial charge < -0.3 is 29.7 Å². The van der Waals surface area contributed by atoms with E-state index in [0.29, 0.717) is 48.1 Å². The number of aromatic nitrogens is 2. The Morgan fingerprint density at radius 2 is 1.85 bits per heavy atom. The molecular formula is C38H52N6O9S. The van der Waals surface area contributed by atoms with Crippen molar-refractivity contribution >= 4 is 44.7 Å². The fourth-order valence-electron chi connectivity index (χ4n) is 7.45. The molecule has 54 heavy (non-hydrogen) atoms. The summed E-state index contributed by atoms with van der Waals surface area (Å²) in [4.78, 5) is 57.6. The van der Waals surface area contributed by atoms with Crippen molar-refractivity contribution in [3.8, 4) is 11.5 Å². The Kier molecular flexibility index (Phi) is 10.6. The number of rotatable bonds is 7. The van der Waals surface area contributed by atoms with Gasteiger partial charge in [-0.05, 0) is 90.2 Å². The first-order chi connectivity index (χ1) is 25.3. The highest BCUT2D eigenvalue weighted by Gasteiger charge is 2.63. The van der Waals surface area contributed by atoms with Crippen LogP contribution in [-0.2, 0) is 29.1 Å². The van der Waals surface area contributed by atoms with Gasteiger partial charge in [-0.2, -0.15) is 10.2 Å². The van der Waals surface area contributed by atoms with E-state index in [2.05, 4.69) is 32.5 Å². The quantitative estimate of drug-likeness (QED) is 0.347. The number of methoxy groups -OCH3 is 1. The molecule has 7 unspecified atom stereocenters. The number of ether oxygens (including phenoxy) is 3. The molecule has 4 amide bonds. The van der Waals surface area contributed by atoms with Crippen LogP contribution in [-0.4, -0.2) is 95.1 Å². The van der Waals surface area contributed by atoms with Crippen molar-refractivity contribution in [1.29, 1.82) is 0 Å². The number of amides is 4. The second-order valence-corrected chi connectivity index (χ2v) is 18.9. The molecule has 0 bridgehead atoms. The minimum absolute atomic E-state index is 0.0269. The molecule has 294 valence electrons. The van der Waals surface area contributed by atoms with Gasteiger partial charge in [-0.15, -0.1) is 0 Å². The maximum atomic E-state index is 14.7. The van der Waals surface area contributed by atoms with Crippen molar-refractivity contribution in [2.75, 3.05) is 13.7 Å². The van der Waals surface area contributed by atoms with Crippen molar-refractivity contribution < 1.29 is 41.8 Å². The first-order valence-corrected chi connectivity index (χ1v) is 20.1. The van der Waals surface area contributed by atoms with Gasteiger partial charge in [-0.25, -0.2) is 13.2 Å². The number of alkyl carbamates (subject to hydrolysis) is 1. The maximum Gasteiger partial charge on any atom is 0.408 e. The molecule has 1 aromatic carbocycles. The third-order valence-electron chi connectivity index (χ3n) is 11.0. The molecule has 1 aromatic heterocycles. The number of hydrogen-bond donors (Lipinski definition) is 3. The number of nitrogens with zero attached hydrogens (tertiary/aromatic N) is 3. The summed E-state index contributed by atoms with van der Waals surface area (Å²) in [7, 11) is -2.45. The number of benzene rings is 1. The van der Waals surface area contributed by atoms with Gasteiger partial charge in [-0.1, -0.05) is 26.0 Å². The zero-order valence-corrected chi connectivity index (χ0v) is 32.8. The Bertz CT molecular complexity index is 1940. The summed E-state index contributed by atoms with van der Waals surface area (Å²) >= 11 is 0. The molecule has 2 aliphatic heterocycles. The molecule has 2 saturated carbocycles. The largest absolute Gasteiger partial charge is 0.497 e. The van der Waals surface area contributed by atoms with E-state index in [9.17, 15) is 27.6 Å². The lowest BCUT2D eigenvalue weighted by Gasteiger charge is -2.33. The van der Waals surface area contributed by atoms with Gasteiger partial charge in [0.15, 0.2) is 0 Å². The summed E-state index contributed by atoms with van der Waals surface area (Å²) in [5, 5.41) is 14.6. The summed E-state index contributed by atoms with van der Waals surface area (Å²) in [6.45, 7) is 10.7. The number of nitrogens with one attached hydrogen (secondary N) is 3. The van der Waals surface area contributed by atoms with Crippen LogP contribution in [0.2, 0.25) is 0 Å². The topological polar surface area (TPSA) is 195 Å². The molecule has 16 heteroatoms. The molecule has 7 atom stereocenters. The maximum absolute atomic E-state index is 14.7. The number of carbonyl (C=O) groups is 4. The molecule has 15 nitrogen and oxygen atoms in total. The molecule has 0 radical (unpaired) electrons. The Labute approximate surface area is 316 Å². The van der Waals surface area contributed by atoms with E-state index < -0.39 is 73.8 Å². The molecule has 3 fully saturated rings. The van der Waals surface area contributed by atoms with Crippen LogP contribution in [0.4, 0.5) is 4.79 Å². The van der Waals surface area contributed by atoms with E-state index in [4.69, 9.17) is 14.2 Å². The van der Waals surface area contributed by atoms with Crippen LogP contribution in [0.15, 0.2) is 36.5 Å². The van der Waals surface area contributed by atoms with E-state index in [-0.39, 0.29) is 31.2 Å². The summed E-state index contributed by atoms with van der Waals surface area (Å²) in [5.41, 5.74) is -1.83. The standard InChI is InChI=1S/C38H52N6O9S/c1-22-10-8-9-11-24-19-38(24,34(47)43-54(49,50)37(6)14-15-37)41-32(45)29-18-26(52-30-20-39-42-28-17-25(51-7)12-13-27(28)30)21-44(29)33(46)31(23(2)16-22)40-35(48)53-36(3,4)5/h9,11-13,17,20,22-24,26,29,31H,8,10,14-16,18-19,21H2,1-7H3,(H,40,48)(H,41,45)(H,43,47). The third kappa shape index (κ3) is 8.27. The minimum Gasteiger partial charge on any atom is -0.497 e. The van der Waals surface area contributed by atoms with Gasteiger partial charge in [0, 0.05) is 23.8 Å². The lowest BCUT2D eigenvalue weighted by Crippen LogP contribution is -2.59. The van der Waals surface area contributed by atoms with Crippen molar-refractivity contribution in [1.82, 2.24) is 30.5 Å². The van der Waals surface area contributed by atoms with E-state index in [1.807, 2.05) is 19.1 Å². The highest BCUT2D eigenvalue weighted by atomic mass is 32.2. The van der Waals surface area contributed by atoms with Gasteiger partial charge in [0.1, 0.15) is 46.3 Å². The van der Waals surface area contributed by atoms with Gasteiger partial charge in [-0.3, -0.25) is 19.1 Å². The second-order valence-electron chi connectivity index (χ2n) is 16.7. The second kappa shape index (κ2) is 14.6. The van der Waals surface area contributed by atoms with Crippen LogP contribution in [0.25, 0.3) is 10.9 Å². The van der Waals surface area contributed by atoms with Crippen molar-refractivity contribution in [3.63, 3.8) is 0 Å². The SMILES string of the molecule is COc1ccc2c(OC3CC4C(=O)NC5(C(=O)NS(=O)(=O)C6(C)CC6)CC5C=CCCC(C)CC(C)C(NC(=O)OC(C)(C)C)C(=O)N4C3)cnnc2c1. The summed E-state index contributed by atoms with van der Waals surface area (Å²) < 4.78 is 44.9. The number of fused-ring (bicyclic) bond motifs is 3. The van der Waals surface area contributed by atoms with Gasteiger partial charge >= 0.3 is 6.09 Å². The van der Waals surface area contributed by atoms with Crippen molar-refractivity contribution in [2.45, 2.75) is 121 Å². The van der Waals surface area contributed by atoms with Crippen LogP contribution >= 0.6 is 0 Å². The first kappa shape index (κ1) is 39.2. The normalized spacial score (nSPS) is 29.8. The average molecular weight is 769 g/mol. The summed E-state index contributed by atoms with van der Waals surface area (Å²) in [5.74, 6) is -1.62. The molecule has 6 rings (SSSR count). The fraction of sp³-hybridized carbons (Fsp3) is 0.632. The summed E-state index contributed by atoms with van der Waals surface area (Å²) in [6.07, 6.45) is 6.95. The fourth-order valence-corrected chi connectivity index (χ4v) is 8.76.